The Bertz CT molecular complexity index is 582. The first-order valence-electron chi connectivity index (χ1n) is 6.73. The summed E-state index contributed by atoms with van der Waals surface area (Å²) < 4.78 is 10.9. The van der Waals surface area contributed by atoms with Crippen LogP contribution in [0.25, 0.3) is 0 Å². The van der Waals surface area contributed by atoms with Crippen LogP contribution in [0.1, 0.15) is 53.4 Å². The van der Waals surface area contributed by atoms with Crippen molar-refractivity contribution in [2.45, 2.75) is 38.6 Å². The van der Waals surface area contributed by atoms with Gasteiger partial charge in [0.1, 0.15) is 11.5 Å². The summed E-state index contributed by atoms with van der Waals surface area (Å²) in [5.41, 5.74) is 1.10. The zero-order valence-electron chi connectivity index (χ0n) is 10.9. The molecule has 100 valence electrons. The van der Waals surface area contributed by atoms with E-state index >= 15 is 0 Å². The Hall–Kier alpha value is -1.97. The number of rotatable bonds is 3. The zero-order valence-corrected chi connectivity index (χ0v) is 10.9. The molecule has 4 heteroatoms. The van der Waals surface area contributed by atoms with Crippen LogP contribution in [-0.2, 0) is 12.8 Å². The predicted molar refractivity (Wildman–Crippen MR) is 69.9 cm³/mol. The lowest BCUT2D eigenvalue weighted by Crippen LogP contribution is -2.30. The molecule has 1 unspecified atom stereocenters. The minimum Gasteiger partial charge on any atom is -0.469 e. The molecule has 0 saturated carbocycles. The lowest BCUT2D eigenvalue weighted by atomic mass is 9.93. The number of carbonyl (C=O) groups excluding carboxylic acids is 1. The molecule has 1 aliphatic rings. The van der Waals surface area contributed by atoms with Crippen LogP contribution >= 0.6 is 0 Å². The van der Waals surface area contributed by atoms with Gasteiger partial charge in [-0.15, -0.1) is 0 Å². The van der Waals surface area contributed by atoms with Crippen molar-refractivity contribution in [3.8, 4) is 0 Å². The zero-order chi connectivity index (χ0) is 13.2. The molecule has 2 aromatic rings. The van der Waals surface area contributed by atoms with Crippen molar-refractivity contribution in [3.63, 3.8) is 0 Å². The quantitative estimate of drug-likeness (QED) is 0.920. The third-order valence-electron chi connectivity index (χ3n) is 3.59. The topological polar surface area (TPSA) is 55.4 Å². The molecule has 0 radical (unpaired) electrons. The summed E-state index contributed by atoms with van der Waals surface area (Å²) in [6, 6.07) is 5.55. The van der Waals surface area contributed by atoms with Crippen LogP contribution < -0.4 is 5.32 Å². The van der Waals surface area contributed by atoms with Crippen LogP contribution in [0.2, 0.25) is 0 Å². The highest BCUT2D eigenvalue weighted by molar-refractivity contribution is 5.91. The predicted octanol–water partition coefficient (Wildman–Crippen LogP) is 3.24. The number of aryl methyl sites for hydroxylation is 2. The van der Waals surface area contributed by atoms with Gasteiger partial charge in [-0.3, -0.25) is 4.79 Å². The Morgan fingerprint density at radius 1 is 1.42 bits per heavy atom. The summed E-state index contributed by atoms with van der Waals surface area (Å²) in [6.45, 7) is 2.00. The van der Waals surface area contributed by atoms with E-state index in [0.717, 1.165) is 42.8 Å². The molecule has 4 nitrogen and oxygen atoms in total. The van der Waals surface area contributed by atoms with E-state index in [0.29, 0.717) is 5.76 Å². The average molecular weight is 259 g/mol. The molecule has 1 aliphatic carbocycles. The molecule has 0 spiro atoms. The Balaban J connectivity index is 1.74. The summed E-state index contributed by atoms with van der Waals surface area (Å²) in [4.78, 5) is 12.1. The number of nitrogens with one attached hydrogen (secondary N) is 1. The first kappa shape index (κ1) is 12.1. The third-order valence-corrected chi connectivity index (χ3v) is 3.59. The highest BCUT2D eigenvalue weighted by atomic mass is 16.4. The van der Waals surface area contributed by atoms with E-state index in [-0.39, 0.29) is 11.9 Å². The molecular weight excluding hydrogens is 242 g/mol. The minimum atomic E-state index is -0.154. The third kappa shape index (κ3) is 2.30. The van der Waals surface area contributed by atoms with Gasteiger partial charge in [0.25, 0.3) is 5.91 Å². The van der Waals surface area contributed by atoms with Crippen LogP contribution in [0.15, 0.2) is 33.3 Å². The van der Waals surface area contributed by atoms with Crippen molar-refractivity contribution >= 4 is 5.91 Å². The number of fused-ring (bicyclic) bond motifs is 1. The van der Waals surface area contributed by atoms with E-state index in [1.807, 2.05) is 19.1 Å². The lowest BCUT2D eigenvalue weighted by molar-refractivity contribution is 0.0902. The normalized spacial score (nSPS) is 18.1. The molecule has 0 saturated heterocycles. The molecule has 0 aromatic carbocycles. The van der Waals surface area contributed by atoms with Gasteiger partial charge in [-0.1, -0.05) is 6.92 Å². The van der Waals surface area contributed by atoms with E-state index in [9.17, 15) is 4.79 Å². The standard InChI is InChI=1S/C15H17NO3/c1-2-10-6-7-14(19-10)15(17)16-12-4-3-5-13-11(12)8-9-18-13/h6-9,12H,2-5H2,1H3,(H,16,17). The fourth-order valence-corrected chi connectivity index (χ4v) is 2.56. The average Bonchev–Trinajstić information content (AvgIpc) is 3.08. The molecule has 0 aliphatic heterocycles. The Morgan fingerprint density at radius 2 is 2.32 bits per heavy atom. The van der Waals surface area contributed by atoms with E-state index in [1.54, 1.807) is 12.3 Å². The van der Waals surface area contributed by atoms with Crippen molar-refractivity contribution in [2.75, 3.05) is 0 Å². The van der Waals surface area contributed by atoms with Gasteiger partial charge in [0.2, 0.25) is 0 Å². The SMILES string of the molecule is CCc1ccc(C(=O)NC2CCCc3occc32)o1. The second kappa shape index (κ2) is 4.96. The number of furan rings is 2. The van der Waals surface area contributed by atoms with Crippen LogP contribution in [0, 0.1) is 0 Å². The Labute approximate surface area is 111 Å². The van der Waals surface area contributed by atoms with Crippen LogP contribution in [0.5, 0.6) is 0 Å². The van der Waals surface area contributed by atoms with E-state index in [2.05, 4.69) is 5.32 Å². The minimum absolute atomic E-state index is 0.0326. The summed E-state index contributed by atoms with van der Waals surface area (Å²) in [6.07, 6.45) is 5.42. The number of amides is 1. The monoisotopic (exact) mass is 259 g/mol. The maximum atomic E-state index is 12.1. The number of hydrogen-bond acceptors (Lipinski definition) is 3. The van der Waals surface area contributed by atoms with Gasteiger partial charge in [0.15, 0.2) is 5.76 Å². The summed E-state index contributed by atoms with van der Waals surface area (Å²) in [5.74, 6) is 2.05. The van der Waals surface area contributed by atoms with Gasteiger partial charge in [-0.2, -0.15) is 0 Å². The van der Waals surface area contributed by atoms with Gasteiger partial charge in [-0.05, 0) is 31.0 Å². The van der Waals surface area contributed by atoms with Gasteiger partial charge < -0.3 is 14.2 Å². The summed E-state index contributed by atoms with van der Waals surface area (Å²) in [7, 11) is 0. The Morgan fingerprint density at radius 3 is 3.11 bits per heavy atom. The number of hydrogen-bond donors (Lipinski definition) is 1. The highest BCUT2D eigenvalue weighted by Crippen LogP contribution is 2.30. The molecule has 0 fully saturated rings. The summed E-state index contributed by atoms with van der Waals surface area (Å²) >= 11 is 0. The summed E-state index contributed by atoms with van der Waals surface area (Å²) in [5, 5.41) is 3.02. The molecule has 0 bridgehead atoms. The molecular formula is C15H17NO3. The number of carbonyl (C=O) groups is 1. The molecule has 3 rings (SSSR count). The first-order chi connectivity index (χ1) is 9.28. The van der Waals surface area contributed by atoms with Crippen LogP contribution in [0.3, 0.4) is 0 Å². The van der Waals surface area contributed by atoms with E-state index in [4.69, 9.17) is 8.83 Å². The molecule has 2 aromatic heterocycles. The maximum Gasteiger partial charge on any atom is 0.287 e. The van der Waals surface area contributed by atoms with Gasteiger partial charge in [0, 0.05) is 18.4 Å². The van der Waals surface area contributed by atoms with Gasteiger partial charge in [-0.25, -0.2) is 0 Å². The molecule has 1 N–H and O–H groups in total. The fraction of sp³-hybridized carbons (Fsp3) is 0.400. The van der Waals surface area contributed by atoms with Crippen molar-refractivity contribution in [1.29, 1.82) is 0 Å². The second-order valence-corrected chi connectivity index (χ2v) is 4.84. The first-order valence-corrected chi connectivity index (χ1v) is 6.73. The maximum absolute atomic E-state index is 12.1. The van der Waals surface area contributed by atoms with E-state index < -0.39 is 0 Å². The highest BCUT2D eigenvalue weighted by Gasteiger charge is 2.25. The Kier molecular flexibility index (Phi) is 3.15. The van der Waals surface area contributed by atoms with Crippen LogP contribution in [-0.4, -0.2) is 5.91 Å². The van der Waals surface area contributed by atoms with Crippen molar-refractivity contribution in [2.24, 2.45) is 0 Å². The van der Waals surface area contributed by atoms with E-state index in [1.165, 1.54) is 0 Å². The van der Waals surface area contributed by atoms with Crippen molar-refractivity contribution in [1.82, 2.24) is 5.32 Å². The second-order valence-electron chi connectivity index (χ2n) is 4.84. The van der Waals surface area contributed by atoms with Crippen molar-refractivity contribution < 1.29 is 13.6 Å². The molecule has 1 atom stereocenters. The molecule has 1 amide bonds. The smallest absolute Gasteiger partial charge is 0.287 e. The fourth-order valence-electron chi connectivity index (χ4n) is 2.56. The molecule has 2 heterocycles. The molecule has 19 heavy (non-hydrogen) atoms. The largest absolute Gasteiger partial charge is 0.469 e. The van der Waals surface area contributed by atoms with Gasteiger partial charge >= 0.3 is 0 Å². The lowest BCUT2D eigenvalue weighted by Gasteiger charge is -2.22. The van der Waals surface area contributed by atoms with Crippen molar-refractivity contribution in [3.05, 3.63) is 47.3 Å². The van der Waals surface area contributed by atoms with Crippen LogP contribution in [0.4, 0.5) is 0 Å². The van der Waals surface area contributed by atoms with Gasteiger partial charge in [0.05, 0.1) is 12.3 Å².